The summed E-state index contributed by atoms with van der Waals surface area (Å²) in [5, 5.41) is 11.7. The molecule has 0 saturated heterocycles. The molecular weight excluding hydrogens is 340 g/mol. The molecule has 3 unspecified atom stereocenters. The Morgan fingerprint density at radius 1 is 1.15 bits per heavy atom. The molecule has 1 aliphatic rings. The van der Waals surface area contributed by atoms with Crippen molar-refractivity contribution in [3.8, 4) is 5.75 Å². The molecule has 0 bridgehead atoms. The van der Waals surface area contributed by atoms with Crippen LogP contribution in [-0.4, -0.2) is 24.1 Å². The topological polar surface area (TPSA) is 29.5 Å². The van der Waals surface area contributed by atoms with Crippen LogP contribution in [0, 0.1) is 5.41 Å². The van der Waals surface area contributed by atoms with Gasteiger partial charge in [-0.1, -0.05) is 57.0 Å². The summed E-state index contributed by atoms with van der Waals surface area (Å²) in [6.45, 7) is 4.46. The van der Waals surface area contributed by atoms with E-state index in [2.05, 4.69) is 50.2 Å². The van der Waals surface area contributed by atoms with E-state index in [9.17, 15) is 5.11 Å². The normalized spacial score (nSPS) is 25.4. The first-order valence-corrected chi connectivity index (χ1v) is 10.7. The molecule has 0 amide bonds. The molecule has 0 aliphatic carbocycles. The summed E-state index contributed by atoms with van der Waals surface area (Å²) in [6.07, 6.45) is 3.99. The van der Waals surface area contributed by atoms with Gasteiger partial charge >= 0.3 is 0 Å². The van der Waals surface area contributed by atoms with Crippen molar-refractivity contribution in [2.24, 2.45) is 5.41 Å². The molecule has 0 fully saturated rings. The maximum absolute atomic E-state index is 11.7. The molecule has 26 heavy (non-hydrogen) atoms. The highest BCUT2D eigenvalue weighted by molar-refractivity contribution is 7.99. The second-order valence-electron chi connectivity index (χ2n) is 7.35. The molecule has 0 radical (unpaired) electrons. The van der Waals surface area contributed by atoms with E-state index >= 15 is 0 Å². The molecule has 3 heteroatoms. The largest absolute Gasteiger partial charge is 0.497 e. The summed E-state index contributed by atoms with van der Waals surface area (Å²) < 4.78 is 5.49. The average molecular weight is 371 g/mol. The average Bonchev–Trinajstić information content (AvgIpc) is 2.81. The van der Waals surface area contributed by atoms with Crippen LogP contribution in [0.25, 0.3) is 0 Å². The van der Waals surface area contributed by atoms with Crippen molar-refractivity contribution in [1.29, 1.82) is 0 Å². The van der Waals surface area contributed by atoms with E-state index in [0.29, 0.717) is 0 Å². The minimum Gasteiger partial charge on any atom is -0.497 e. The van der Waals surface area contributed by atoms with E-state index in [1.165, 1.54) is 16.0 Å². The van der Waals surface area contributed by atoms with Crippen molar-refractivity contribution in [1.82, 2.24) is 0 Å². The van der Waals surface area contributed by atoms with Crippen LogP contribution in [-0.2, 0) is 0 Å². The van der Waals surface area contributed by atoms with Crippen LogP contribution >= 0.6 is 11.8 Å². The second kappa shape index (κ2) is 8.49. The molecule has 1 heterocycles. The number of thioether (sulfide) groups is 1. The number of hydrogen-bond donors (Lipinski definition) is 1. The lowest BCUT2D eigenvalue weighted by molar-refractivity contribution is 0.0182. The minimum atomic E-state index is -0.401. The monoisotopic (exact) mass is 370 g/mol. The lowest BCUT2D eigenvalue weighted by Crippen LogP contribution is -2.40. The highest BCUT2D eigenvalue weighted by atomic mass is 32.2. The van der Waals surface area contributed by atoms with Crippen LogP contribution < -0.4 is 4.74 Å². The van der Waals surface area contributed by atoms with Gasteiger partial charge in [0.25, 0.3) is 0 Å². The number of ether oxygens (including phenoxy) is 1. The van der Waals surface area contributed by atoms with Crippen LogP contribution in [0.15, 0.2) is 53.4 Å². The Hall–Kier alpha value is -1.45. The van der Waals surface area contributed by atoms with Crippen molar-refractivity contribution in [2.45, 2.75) is 56.4 Å². The van der Waals surface area contributed by atoms with E-state index in [1.807, 2.05) is 23.9 Å². The number of unbranched alkanes of at least 4 members (excludes halogenated alkanes) is 1. The van der Waals surface area contributed by atoms with E-state index in [-0.39, 0.29) is 11.3 Å². The van der Waals surface area contributed by atoms with Crippen LogP contribution in [0.2, 0.25) is 0 Å². The molecule has 2 nitrogen and oxygen atoms in total. The summed E-state index contributed by atoms with van der Waals surface area (Å²) in [6, 6.07) is 16.8. The maximum Gasteiger partial charge on any atom is 0.119 e. The van der Waals surface area contributed by atoms with Crippen molar-refractivity contribution >= 4 is 11.8 Å². The quantitative estimate of drug-likeness (QED) is 0.688. The Kier molecular flexibility index (Phi) is 6.31. The van der Waals surface area contributed by atoms with Gasteiger partial charge in [0.05, 0.1) is 13.2 Å². The van der Waals surface area contributed by atoms with Gasteiger partial charge in [-0.25, -0.2) is 0 Å². The molecule has 1 aliphatic heterocycles. The van der Waals surface area contributed by atoms with Gasteiger partial charge in [-0.2, -0.15) is 0 Å². The third kappa shape index (κ3) is 3.65. The Bertz CT molecular complexity index is 715. The Morgan fingerprint density at radius 3 is 2.58 bits per heavy atom. The Labute approximate surface area is 162 Å². The van der Waals surface area contributed by atoms with Gasteiger partial charge in [0, 0.05) is 22.0 Å². The number of fused-ring (bicyclic) bond motifs is 1. The molecule has 0 aromatic heterocycles. The number of aliphatic hydroxyl groups excluding tert-OH is 1. The van der Waals surface area contributed by atoms with Gasteiger partial charge in [-0.05, 0) is 42.2 Å². The molecule has 2 aromatic rings. The number of rotatable bonds is 6. The van der Waals surface area contributed by atoms with Crippen molar-refractivity contribution in [2.75, 3.05) is 12.9 Å². The van der Waals surface area contributed by atoms with E-state index in [0.717, 1.165) is 37.2 Å². The van der Waals surface area contributed by atoms with Gasteiger partial charge in [0.15, 0.2) is 0 Å². The standard InChI is InChI=1S/C23H30O2S/c1-4-6-14-23(5-2)16-26-20-13-12-18(25-3)15-19(20)21(22(23)24)17-10-8-7-9-11-17/h7-13,15,21-22,24H,4-6,14,16H2,1-3H3. The summed E-state index contributed by atoms with van der Waals surface area (Å²) in [5.74, 6) is 1.80. The third-order valence-corrected chi connectivity index (χ3v) is 7.30. The molecule has 1 N–H and O–H groups in total. The second-order valence-corrected chi connectivity index (χ2v) is 8.36. The van der Waals surface area contributed by atoms with Crippen LogP contribution in [0.5, 0.6) is 5.75 Å². The highest BCUT2D eigenvalue weighted by Gasteiger charge is 2.44. The van der Waals surface area contributed by atoms with Gasteiger partial charge in [-0.3, -0.25) is 0 Å². The van der Waals surface area contributed by atoms with E-state index < -0.39 is 6.10 Å². The summed E-state index contributed by atoms with van der Waals surface area (Å²) in [5.41, 5.74) is 2.32. The van der Waals surface area contributed by atoms with Crippen molar-refractivity contribution in [3.63, 3.8) is 0 Å². The van der Waals surface area contributed by atoms with E-state index in [1.54, 1.807) is 7.11 Å². The predicted molar refractivity (Wildman–Crippen MR) is 110 cm³/mol. The fraction of sp³-hybridized carbons (Fsp3) is 0.478. The Balaban J connectivity index is 2.13. The zero-order valence-corrected chi connectivity index (χ0v) is 16.9. The van der Waals surface area contributed by atoms with Crippen molar-refractivity contribution in [3.05, 3.63) is 59.7 Å². The smallest absolute Gasteiger partial charge is 0.119 e. The summed E-state index contributed by atoms with van der Waals surface area (Å²) in [7, 11) is 1.71. The summed E-state index contributed by atoms with van der Waals surface area (Å²) >= 11 is 1.90. The van der Waals surface area contributed by atoms with Crippen LogP contribution in [0.4, 0.5) is 0 Å². The van der Waals surface area contributed by atoms with Gasteiger partial charge in [0.2, 0.25) is 0 Å². The number of aliphatic hydroxyl groups is 1. The molecule has 3 rings (SSSR count). The maximum atomic E-state index is 11.7. The first-order valence-electron chi connectivity index (χ1n) is 9.69. The van der Waals surface area contributed by atoms with Crippen molar-refractivity contribution < 1.29 is 9.84 Å². The van der Waals surface area contributed by atoms with Crippen LogP contribution in [0.3, 0.4) is 0 Å². The fourth-order valence-corrected chi connectivity index (χ4v) is 5.60. The third-order valence-electron chi connectivity index (χ3n) is 5.90. The molecular formula is C23H30O2S. The summed E-state index contributed by atoms with van der Waals surface area (Å²) in [4.78, 5) is 1.27. The SMILES string of the molecule is CCCCC1(CC)CSc2ccc(OC)cc2C(c2ccccc2)C1O. The first-order chi connectivity index (χ1) is 12.6. The van der Waals surface area contributed by atoms with E-state index in [4.69, 9.17) is 4.74 Å². The zero-order valence-electron chi connectivity index (χ0n) is 16.1. The molecule has 0 saturated carbocycles. The van der Waals surface area contributed by atoms with Gasteiger partial charge in [-0.15, -0.1) is 11.8 Å². The zero-order chi connectivity index (χ0) is 18.6. The first kappa shape index (κ1) is 19.3. The van der Waals surface area contributed by atoms with Gasteiger partial charge in [0.1, 0.15) is 5.75 Å². The molecule has 3 atom stereocenters. The van der Waals surface area contributed by atoms with Gasteiger partial charge < -0.3 is 9.84 Å². The van der Waals surface area contributed by atoms with Crippen LogP contribution in [0.1, 0.15) is 56.6 Å². The lowest BCUT2D eigenvalue weighted by atomic mass is 9.69. The number of benzene rings is 2. The molecule has 0 spiro atoms. The molecule has 2 aromatic carbocycles. The Morgan fingerprint density at radius 2 is 1.92 bits per heavy atom. The minimum absolute atomic E-state index is 0.0203. The number of methoxy groups -OCH3 is 1. The predicted octanol–water partition coefficient (Wildman–Crippen LogP) is 5.88. The number of hydrogen-bond acceptors (Lipinski definition) is 3. The lowest BCUT2D eigenvalue weighted by Gasteiger charge is -2.39. The highest BCUT2D eigenvalue weighted by Crippen LogP contribution is 2.51. The fourth-order valence-electron chi connectivity index (χ4n) is 4.12. The molecule has 140 valence electrons.